The maximum Gasteiger partial charge on any atom is 0.321 e. The summed E-state index contributed by atoms with van der Waals surface area (Å²) in [5.74, 6) is 2.76. The van der Waals surface area contributed by atoms with Crippen molar-refractivity contribution in [3.63, 3.8) is 0 Å². The van der Waals surface area contributed by atoms with Crippen molar-refractivity contribution in [1.82, 2.24) is 14.9 Å². The van der Waals surface area contributed by atoms with E-state index in [1.54, 1.807) is 20.3 Å². The lowest BCUT2D eigenvalue weighted by Gasteiger charge is -2.16. The Bertz CT molecular complexity index is 1210. The van der Waals surface area contributed by atoms with E-state index in [-0.39, 0.29) is 6.03 Å². The number of benzene rings is 2. The Hall–Kier alpha value is -3.66. The first kappa shape index (κ1) is 24.5. The third-order valence-electron chi connectivity index (χ3n) is 5.44. The van der Waals surface area contributed by atoms with Crippen LogP contribution in [0.25, 0.3) is 11.1 Å². The fourth-order valence-electron chi connectivity index (χ4n) is 3.63. The van der Waals surface area contributed by atoms with Crippen molar-refractivity contribution >= 4 is 39.9 Å². The summed E-state index contributed by atoms with van der Waals surface area (Å²) in [4.78, 5) is 23.9. The number of rotatable bonds is 4. The van der Waals surface area contributed by atoms with E-state index in [1.807, 2.05) is 49.4 Å². The molecule has 2 heterocycles. The Morgan fingerprint density at radius 1 is 1.20 bits per heavy atom. The summed E-state index contributed by atoms with van der Waals surface area (Å²) >= 11 is 0. The summed E-state index contributed by atoms with van der Waals surface area (Å²) in [7, 11) is 2.69. The number of hydrogen-bond acceptors (Lipinski definition) is 7. The summed E-state index contributed by atoms with van der Waals surface area (Å²) in [6, 6.07) is 13.3. The van der Waals surface area contributed by atoms with Crippen molar-refractivity contribution in [3.8, 4) is 16.9 Å². The van der Waals surface area contributed by atoms with Gasteiger partial charge in [-0.1, -0.05) is 22.8 Å². The Balaban J connectivity index is 1.68. The summed E-state index contributed by atoms with van der Waals surface area (Å²) in [6.45, 7) is 3.33. The van der Waals surface area contributed by atoms with Gasteiger partial charge in [-0.15, -0.1) is 0 Å². The summed E-state index contributed by atoms with van der Waals surface area (Å²) in [6.07, 6.45) is 3.63. The molecule has 0 fully saturated rings. The van der Waals surface area contributed by atoms with Crippen molar-refractivity contribution in [2.75, 3.05) is 49.0 Å². The zero-order chi connectivity index (χ0) is 24.8. The van der Waals surface area contributed by atoms with Gasteiger partial charge in [0.05, 0.1) is 6.61 Å². The molecule has 0 radical (unpaired) electrons. The van der Waals surface area contributed by atoms with Gasteiger partial charge in [0.15, 0.2) is 0 Å². The Morgan fingerprint density at radius 3 is 2.74 bits per heavy atom. The molecule has 1 aliphatic heterocycles. The molecule has 4 bridgehead atoms. The minimum absolute atomic E-state index is 0.224. The Labute approximate surface area is 208 Å². The van der Waals surface area contributed by atoms with E-state index in [0.29, 0.717) is 18.2 Å². The van der Waals surface area contributed by atoms with Crippen LogP contribution < -0.4 is 20.7 Å². The van der Waals surface area contributed by atoms with Gasteiger partial charge in [-0.25, -0.2) is 9.78 Å². The molecule has 10 heteroatoms. The van der Waals surface area contributed by atoms with E-state index in [9.17, 15) is 4.79 Å². The molecular formula is C25H31N7O2S. The molecular weight excluding hydrogens is 462 g/mol. The van der Waals surface area contributed by atoms with Crippen LogP contribution in [0.3, 0.4) is 0 Å². The lowest BCUT2D eigenvalue weighted by molar-refractivity contribution is 0.230. The number of nitrogens with zero attached hydrogens (tertiary/aromatic N) is 3. The van der Waals surface area contributed by atoms with Crippen LogP contribution in [0, 0.1) is 4.78 Å². The molecule has 4 N–H and O–H groups in total. The molecule has 3 aromatic rings. The Kier molecular flexibility index (Phi) is 7.81. The summed E-state index contributed by atoms with van der Waals surface area (Å²) in [5.41, 5.74) is 3.25. The number of urea groups is 1. The first-order chi connectivity index (χ1) is 16.9. The number of aromatic nitrogens is 2. The van der Waals surface area contributed by atoms with Crippen molar-refractivity contribution < 1.29 is 9.53 Å². The number of hydrogen-bond donors (Lipinski definition) is 4. The lowest BCUT2D eigenvalue weighted by atomic mass is 10.1. The maximum absolute atomic E-state index is 12.2. The predicted octanol–water partition coefficient (Wildman–Crippen LogP) is 5.32. The number of carbonyl (C=O) groups is 1. The van der Waals surface area contributed by atoms with E-state index in [4.69, 9.17) is 14.5 Å². The van der Waals surface area contributed by atoms with E-state index < -0.39 is 10.7 Å². The number of fused-ring (bicyclic) bond motifs is 4. The first-order valence-corrected chi connectivity index (χ1v) is 13.0. The molecule has 4 rings (SSSR count). The topological polar surface area (TPSA) is 115 Å². The highest BCUT2D eigenvalue weighted by Gasteiger charge is 2.14. The largest absolute Gasteiger partial charge is 0.494 e. The summed E-state index contributed by atoms with van der Waals surface area (Å²) in [5, 5.41) is 9.61. The predicted molar refractivity (Wildman–Crippen MR) is 142 cm³/mol. The molecule has 1 aliphatic rings. The van der Waals surface area contributed by atoms with Crippen LogP contribution in [0.15, 0.2) is 53.6 Å². The number of nitrogens with one attached hydrogen (secondary N) is 4. The van der Waals surface area contributed by atoms with Gasteiger partial charge in [0.2, 0.25) is 5.95 Å². The molecule has 1 atom stereocenters. The molecule has 184 valence electrons. The standard InChI is InChI=1S/C25H31N7O2S/c1-4-34-20-9-7-17(8-10-20)22-16-28-24-29-18-13-19(30-25(33)32(2)3)15-21(14-18)35(26)12-6-5-11-27-23(22)31-24/h7-10,13-16,26H,4-6,11-12H2,1-3H3,(H,30,33)(H2,27,28,29,31). The fourth-order valence-corrected chi connectivity index (χ4v) is 4.90. The van der Waals surface area contributed by atoms with E-state index >= 15 is 0 Å². The van der Waals surface area contributed by atoms with Crippen molar-refractivity contribution in [2.45, 2.75) is 24.7 Å². The second kappa shape index (κ2) is 11.2. The summed E-state index contributed by atoms with van der Waals surface area (Å²) < 4.78 is 14.2. The minimum Gasteiger partial charge on any atom is -0.494 e. The van der Waals surface area contributed by atoms with Gasteiger partial charge in [0.25, 0.3) is 0 Å². The van der Waals surface area contributed by atoms with Gasteiger partial charge < -0.3 is 25.6 Å². The molecule has 0 saturated heterocycles. The normalized spacial score (nSPS) is 15.3. The second-order valence-electron chi connectivity index (χ2n) is 8.34. The molecule has 0 spiro atoms. The van der Waals surface area contributed by atoms with Crippen molar-refractivity contribution in [2.24, 2.45) is 0 Å². The zero-order valence-corrected chi connectivity index (χ0v) is 21.0. The average molecular weight is 494 g/mol. The highest BCUT2D eigenvalue weighted by Crippen LogP contribution is 2.30. The minimum atomic E-state index is -0.698. The maximum atomic E-state index is 12.2. The molecule has 9 nitrogen and oxygen atoms in total. The molecule has 35 heavy (non-hydrogen) atoms. The van der Waals surface area contributed by atoms with Crippen LogP contribution in [0.5, 0.6) is 5.75 Å². The van der Waals surface area contributed by atoms with Crippen LogP contribution in [0.4, 0.5) is 27.9 Å². The van der Waals surface area contributed by atoms with Crippen LogP contribution in [-0.2, 0) is 10.7 Å². The Morgan fingerprint density at radius 2 is 2.00 bits per heavy atom. The number of carbonyl (C=O) groups excluding carboxylic acids is 1. The SMILES string of the molecule is CCOc1ccc(-c2cnc3nc2NCCCCS(=N)c2cc(NC(=O)N(C)C)cc(c2)N3)cc1. The number of amides is 2. The van der Waals surface area contributed by atoms with Gasteiger partial charge in [0, 0.05) is 54.4 Å². The molecule has 1 unspecified atom stereocenters. The van der Waals surface area contributed by atoms with E-state index in [2.05, 4.69) is 20.9 Å². The smallest absolute Gasteiger partial charge is 0.321 e. The van der Waals surface area contributed by atoms with Crippen molar-refractivity contribution in [1.29, 1.82) is 4.78 Å². The monoisotopic (exact) mass is 493 g/mol. The van der Waals surface area contributed by atoms with Gasteiger partial charge in [-0.3, -0.25) is 4.78 Å². The first-order valence-electron chi connectivity index (χ1n) is 11.6. The third-order valence-corrected chi connectivity index (χ3v) is 6.94. The lowest BCUT2D eigenvalue weighted by Crippen LogP contribution is -2.27. The van der Waals surface area contributed by atoms with E-state index in [1.165, 1.54) is 4.90 Å². The van der Waals surface area contributed by atoms with Gasteiger partial charge in [-0.05, 0) is 55.7 Å². The van der Waals surface area contributed by atoms with Gasteiger partial charge in [0.1, 0.15) is 11.6 Å². The van der Waals surface area contributed by atoms with Crippen LogP contribution in [0.2, 0.25) is 0 Å². The molecule has 2 aromatic carbocycles. The highest BCUT2D eigenvalue weighted by atomic mass is 32.2. The van der Waals surface area contributed by atoms with Gasteiger partial charge >= 0.3 is 6.03 Å². The average Bonchev–Trinajstić information content (AvgIpc) is 2.84. The molecule has 0 saturated carbocycles. The van der Waals surface area contributed by atoms with Crippen molar-refractivity contribution in [3.05, 3.63) is 48.7 Å². The third kappa shape index (κ3) is 6.27. The quantitative estimate of drug-likeness (QED) is 0.391. The number of ether oxygens (including phenoxy) is 1. The van der Waals surface area contributed by atoms with Crippen LogP contribution >= 0.6 is 0 Å². The number of anilines is 4. The highest BCUT2D eigenvalue weighted by molar-refractivity contribution is 7.86. The van der Waals surface area contributed by atoms with Crippen LogP contribution in [-0.4, -0.2) is 53.9 Å². The van der Waals surface area contributed by atoms with Gasteiger partial charge in [-0.2, -0.15) is 4.98 Å². The van der Waals surface area contributed by atoms with Crippen LogP contribution in [0.1, 0.15) is 19.8 Å². The second-order valence-corrected chi connectivity index (χ2v) is 10.00. The zero-order valence-electron chi connectivity index (χ0n) is 20.2. The fraction of sp³-hybridized carbons (Fsp3) is 0.320. The molecule has 1 aromatic heterocycles. The molecule has 2 amide bonds. The molecule has 0 aliphatic carbocycles. The van der Waals surface area contributed by atoms with E-state index in [0.717, 1.165) is 58.4 Å².